The molecule has 2 aromatic carbocycles. The fourth-order valence-electron chi connectivity index (χ4n) is 1.92. The standard InChI is InChI=1S/C16H11N3O3S2/c1-11-6-8-12(9-7-11)24(20,21)22-19-14(10-17)16-18-13-4-2-3-5-15(13)23-16/h2-9H,1H3/b19-14+. The van der Waals surface area contributed by atoms with E-state index in [2.05, 4.69) is 14.4 Å². The summed E-state index contributed by atoms with van der Waals surface area (Å²) in [7, 11) is -4.08. The Morgan fingerprint density at radius 2 is 1.92 bits per heavy atom. The first-order valence-corrected chi connectivity index (χ1v) is 9.06. The van der Waals surface area contributed by atoms with Gasteiger partial charge >= 0.3 is 10.1 Å². The van der Waals surface area contributed by atoms with Crippen molar-refractivity contribution in [1.82, 2.24) is 4.98 Å². The number of para-hydroxylation sites is 1. The van der Waals surface area contributed by atoms with Crippen LogP contribution in [0.15, 0.2) is 58.6 Å². The molecule has 1 heterocycles. The Morgan fingerprint density at radius 1 is 1.21 bits per heavy atom. The lowest BCUT2D eigenvalue weighted by Gasteiger charge is -2.01. The molecule has 0 fully saturated rings. The first-order valence-electron chi connectivity index (χ1n) is 6.84. The van der Waals surface area contributed by atoms with Crippen LogP contribution in [0.25, 0.3) is 10.2 Å². The number of thiazole rings is 1. The second kappa shape index (κ2) is 6.39. The van der Waals surface area contributed by atoms with Crippen molar-refractivity contribution >= 4 is 37.4 Å². The molecule has 0 unspecified atom stereocenters. The number of nitrogens with zero attached hydrogens (tertiary/aromatic N) is 3. The van der Waals surface area contributed by atoms with Gasteiger partial charge in [0.25, 0.3) is 0 Å². The summed E-state index contributed by atoms with van der Waals surface area (Å²) in [5.41, 5.74) is 1.44. The molecule has 120 valence electrons. The number of hydrogen-bond donors (Lipinski definition) is 0. The molecule has 0 amide bonds. The Bertz CT molecular complexity index is 1030. The normalized spacial score (nSPS) is 12.1. The highest BCUT2D eigenvalue weighted by Gasteiger charge is 2.17. The molecule has 0 N–H and O–H groups in total. The van der Waals surface area contributed by atoms with Crippen LogP contribution in [0, 0.1) is 18.3 Å². The molecule has 0 bridgehead atoms. The maximum Gasteiger partial charge on any atom is 0.358 e. The molecule has 0 atom stereocenters. The zero-order valence-corrected chi connectivity index (χ0v) is 14.1. The maximum atomic E-state index is 12.1. The van der Waals surface area contributed by atoms with Gasteiger partial charge < -0.3 is 0 Å². The van der Waals surface area contributed by atoms with Crippen molar-refractivity contribution in [3.05, 3.63) is 59.1 Å². The van der Waals surface area contributed by atoms with E-state index in [1.807, 2.05) is 31.2 Å². The maximum absolute atomic E-state index is 12.1. The molecule has 1 aromatic heterocycles. The van der Waals surface area contributed by atoms with E-state index < -0.39 is 10.1 Å². The number of fused-ring (bicyclic) bond motifs is 1. The highest BCUT2D eigenvalue weighted by Crippen LogP contribution is 2.22. The van der Waals surface area contributed by atoms with Crippen LogP contribution < -0.4 is 0 Å². The summed E-state index contributed by atoms with van der Waals surface area (Å²) >= 11 is 1.24. The van der Waals surface area contributed by atoms with Crippen molar-refractivity contribution in [1.29, 1.82) is 5.26 Å². The largest absolute Gasteiger partial charge is 0.358 e. The third-order valence-electron chi connectivity index (χ3n) is 3.14. The van der Waals surface area contributed by atoms with Gasteiger partial charge in [-0.3, -0.25) is 4.28 Å². The van der Waals surface area contributed by atoms with Gasteiger partial charge in [0, 0.05) is 0 Å². The smallest absolute Gasteiger partial charge is 0.263 e. The molecule has 0 saturated heterocycles. The molecule has 0 saturated carbocycles. The Kier molecular flexibility index (Phi) is 4.29. The molecular formula is C16H11N3O3S2. The summed E-state index contributed by atoms with van der Waals surface area (Å²) in [6.45, 7) is 1.84. The van der Waals surface area contributed by atoms with E-state index in [0.717, 1.165) is 10.3 Å². The molecule has 0 spiro atoms. The van der Waals surface area contributed by atoms with Gasteiger partial charge in [-0.2, -0.15) is 13.7 Å². The number of aryl methyl sites for hydroxylation is 1. The molecule has 0 aliphatic rings. The van der Waals surface area contributed by atoms with Crippen molar-refractivity contribution in [3.8, 4) is 6.07 Å². The molecule has 6 nitrogen and oxygen atoms in total. The van der Waals surface area contributed by atoms with Crippen molar-refractivity contribution in [2.45, 2.75) is 11.8 Å². The van der Waals surface area contributed by atoms with Crippen molar-refractivity contribution in [2.24, 2.45) is 5.16 Å². The number of aromatic nitrogens is 1. The molecule has 3 rings (SSSR count). The summed E-state index contributed by atoms with van der Waals surface area (Å²) in [6.07, 6.45) is 0. The number of benzene rings is 2. The average Bonchev–Trinajstić information content (AvgIpc) is 2.99. The van der Waals surface area contributed by atoms with Crippen LogP contribution in [-0.4, -0.2) is 19.1 Å². The van der Waals surface area contributed by atoms with Gasteiger partial charge in [-0.25, -0.2) is 4.98 Å². The Balaban J connectivity index is 1.91. The van der Waals surface area contributed by atoms with Gasteiger partial charge in [-0.05, 0) is 31.2 Å². The summed E-state index contributed by atoms with van der Waals surface area (Å²) in [5.74, 6) is 0. The van der Waals surface area contributed by atoms with E-state index >= 15 is 0 Å². The summed E-state index contributed by atoms with van der Waals surface area (Å²) in [5, 5.41) is 13.0. The Morgan fingerprint density at radius 3 is 2.58 bits per heavy atom. The Hall–Kier alpha value is -2.76. The second-order valence-corrected chi connectivity index (χ2v) is 7.44. The first kappa shape index (κ1) is 16.1. The highest BCUT2D eigenvalue weighted by molar-refractivity contribution is 7.86. The van der Waals surface area contributed by atoms with E-state index in [-0.39, 0.29) is 10.6 Å². The van der Waals surface area contributed by atoms with E-state index in [4.69, 9.17) is 0 Å². The minimum absolute atomic E-state index is 0.0292. The van der Waals surface area contributed by atoms with Crippen LogP contribution in [0.2, 0.25) is 0 Å². The molecule has 24 heavy (non-hydrogen) atoms. The number of rotatable bonds is 4. The van der Waals surface area contributed by atoms with E-state index in [1.165, 1.54) is 23.5 Å². The molecule has 0 aliphatic heterocycles. The number of oxime groups is 1. The second-order valence-electron chi connectivity index (χ2n) is 4.88. The predicted molar refractivity (Wildman–Crippen MR) is 91.2 cm³/mol. The van der Waals surface area contributed by atoms with Crippen molar-refractivity contribution in [2.75, 3.05) is 0 Å². The predicted octanol–water partition coefficient (Wildman–Crippen LogP) is 3.24. The molecule has 3 aromatic rings. The van der Waals surface area contributed by atoms with E-state index in [9.17, 15) is 13.7 Å². The molecular weight excluding hydrogens is 346 g/mol. The fraction of sp³-hybridized carbons (Fsp3) is 0.0625. The topological polar surface area (TPSA) is 92.4 Å². The summed E-state index contributed by atoms with van der Waals surface area (Å²) in [6, 6.07) is 15.3. The number of nitriles is 1. The highest BCUT2D eigenvalue weighted by atomic mass is 32.2. The quantitative estimate of drug-likeness (QED) is 0.528. The average molecular weight is 357 g/mol. The van der Waals surface area contributed by atoms with Crippen LogP contribution in [-0.2, 0) is 14.4 Å². The summed E-state index contributed by atoms with van der Waals surface area (Å²) in [4.78, 5) is 4.23. The van der Waals surface area contributed by atoms with E-state index in [1.54, 1.807) is 18.2 Å². The van der Waals surface area contributed by atoms with Crippen LogP contribution in [0.3, 0.4) is 0 Å². The van der Waals surface area contributed by atoms with Crippen molar-refractivity contribution in [3.63, 3.8) is 0 Å². The zero-order chi connectivity index (χ0) is 17.2. The minimum Gasteiger partial charge on any atom is -0.263 e. The van der Waals surface area contributed by atoms with Crippen LogP contribution in [0.4, 0.5) is 0 Å². The number of hydrogen-bond acceptors (Lipinski definition) is 7. The van der Waals surface area contributed by atoms with Gasteiger partial charge in [0.15, 0.2) is 5.01 Å². The molecule has 0 radical (unpaired) electrons. The lowest BCUT2D eigenvalue weighted by atomic mass is 10.2. The van der Waals surface area contributed by atoms with Crippen molar-refractivity contribution < 1.29 is 12.7 Å². The van der Waals surface area contributed by atoms with E-state index in [0.29, 0.717) is 10.5 Å². The van der Waals surface area contributed by atoms with Gasteiger partial charge in [0.2, 0.25) is 5.71 Å². The SMILES string of the molecule is Cc1ccc(S(=O)(=O)O/N=C(\C#N)c2nc3ccccc3s2)cc1. The lowest BCUT2D eigenvalue weighted by molar-refractivity contribution is 0.339. The van der Waals surface area contributed by atoms with Crippen LogP contribution >= 0.6 is 11.3 Å². The molecule has 8 heteroatoms. The first-order chi connectivity index (χ1) is 11.5. The third kappa shape index (κ3) is 3.27. The van der Waals surface area contributed by atoms with Gasteiger partial charge in [0.1, 0.15) is 11.0 Å². The molecule has 0 aliphatic carbocycles. The van der Waals surface area contributed by atoms with Gasteiger partial charge in [-0.1, -0.05) is 35.0 Å². The van der Waals surface area contributed by atoms with Crippen LogP contribution in [0.1, 0.15) is 10.6 Å². The third-order valence-corrected chi connectivity index (χ3v) is 5.30. The van der Waals surface area contributed by atoms with Gasteiger partial charge in [0.05, 0.1) is 10.2 Å². The summed E-state index contributed by atoms with van der Waals surface area (Å²) < 4.78 is 29.8. The van der Waals surface area contributed by atoms with Crippen LogP contribution in [0.5, 0.6) is 0 Å². The fourth-order valence-corrected chi connectivity index (χ4v) is 3.54. The minimum atomic E-state index is -4.08. The lowest BCUT2D eigenvalue weighted by Crippen LogP contribution is -2.05. The van der Waals surface area contributed by atoms with Gasteiger partial charge in [-0.15, -0.1) is 11.3 Å². The Labute approximate surface area is 142 Å². The monoisotopic (exact) mass is 357 g/mol. The zero-order valence-electron chi connectivity index (χ0n) is 12.5.